The van der Waals surface area contributed by atoms with Crippen LogP contribution in [0, 0.1) is 5.92 Å². The number of rotatable bonds is 0. The fourth-order valence-corrected chi connectivity index (χ4v) is 7.76. The number of piperazine rings is 1. The largest absolute Gasteiger partial charge is 0.483 e. The Morgan fingerprint density at radius 2 is 1.97 bits per heavy atom. The number of carbonyl (C=O) groups is 2. The number of nitrogens with zero attached hydrogens (tertiary/aromatic N) is 2. The van der Waals surface area contributed by atoms with Gasteiger partial charge in [-0.3, -0.25) is 9.59 Å². The maximum absolute atomic E-state index is 13.9. The molecule has 33 heavy (non-hydrogen) atoms. The summed E-state index contributed by atoms with van der Waals surface area (Å²) in [5.41, 5.74) is 0.717. The normalized spacial score (nSPS) is 34.4. The molecule has 0 saturated carbocycles. The van der Waals surface area contributed by atoms with E-state index in [1.165, 1.54) is 4.73 Å². The zero-order valence-electron chi connectivity index (χ0n) is 19.5. The van der Waals surface area contributed by atoms with Gasteiger partial charge in [0.15, 0.2) is 0 Å². The lowest BCUT2D eigenvalue weighted by molar-refractivity contribution is -0.179. The summed E-state index contributed by atoms with van der Waals surface area (Å²) in [5.74, 6) is 0.697. The predicted octanol–water partition coefficient (Wildman–Crippen LogP) is 3.15. The van der Waals surface area contributed by atoms with Crippen molar-refractivity contribution in [2.45, 2.75) is 75.5 Å². The Morgan fingerprint density at radius 3 is 2.76 bits per heavy atom. The Labute approximate surface area is 192 Å². The zero-order chi connectivity index (χ0) is 23.1. The first-order valence-electron chi connectivity index (χ1n) is 11.9. The first kappa shape index (κ1) is 19.5. The molecule has 6 aliphatic rings. The van der Waals surface area contributed by atoms with Crippen molar-refractivity contribution in [1.82, 2.24) is 14.9 Å². The van der Waals surface area contributed by atoms with Crippen molar-refractivity contribution in [3.05, 3.63) is 35.0 Å². The molecule has 2 N–H and O–H groups in total. The van der Waals surface area contributed by atoms with E-state index in [0.717, 1.165) is 34.4 Å². The third-order valence-electron chi connectivity index (χ3n) is 9.18. The third kappa shape index (κ3) is 2.00. The monoisotopic (exact) mass is 447 g/mol. The summed E-state index contributed by atoms with van der Waals surface area (Å²) in [6.45, 7) is 8.88. The molecule has 7 heteroatoms. The Morgan fingerprint density at radius 1 is 1.18 bits per heavy atom. The number of aromatic nitrogens is 1. The molecule has 3 atom stereocenters. The van der Waals surface area contributed by atoms with Crippen LogP contribution in [0.5, 0.6) is 5.75 Å². The van der Waals surface area contributed by atoms with Crippen molar-refractivity contribution in [2.75, 3.05) is 6.54 Å². The van der Waals surface area contributed by atoms with Gasteiger partial charge >= 0.3 is 0 Å². The van der Waals surface area contributed by atoms with E-state index in [-0.39, 0.29) is 17.7 Å². The summed E-state index contributed by atoms with van der Waals surface area (Å²) in [6, 6.07) is 3.94. The van der Waals surface area contributed by atoms with E-state index >= 15 is 0 Å². The molecule has 5 aliphatic heterocycles. The minimum atomic E-state index is -0.960. The van der Waals surface area contributed by atoms with Gasteiger partial charge in [-0.25, -0.2) is 0 Å². The van der Waals surface area contributed by atoms with E-state index in [9.17, 15) is 14.8 Å². The average Bonchev–Trinajstić information content (AvgIpc) is 3.29. The summed E-state index contributed by atoms with van der Waals surface area (Å²) in [4.78, 5) is 29.1. The van der Waals surface area contributed by atoms with Gasteiger partial charge in [-0.2, -0.15) is 4.73 Å². The molecule has 1 aromatic heterocycles. The van der Waals surface area contributed by atoms with Gasteiger partial charge in [0, 0.05) is 35.2 Å². The molecular formula is C26H29N3O4. The molecular weight excluding hydrogens is 418 g/mol. The fourth-order valence-electron chi connectivity index (χ4n) is 7.76. The Bertz CT molecular complexity index is 1330. The smallest absolute Gasteiger partial charge is 0.249 e. The Balaban J connectivity index is 1.49. The minimum Gasteiger partial charge on any atom is -0.483 e. The average molecular weight is 448 g/mol. The highest BCUT2D eigenvalue weighted by Crippen LogP contribution is 2.60. The molecule has 6 heterocycles. The van der Waals surface area contributed by atoms with Gasteiger partial charge in [-0.15, -0.1) is 0 Å². The topological polar surface area (TPSA) is 83.8 Å². The first-order chi connectivity index (χ1) is 15.5. The number of benzene rings is 1. The Hall–Kier alpha value is -2.96. The summed E-state index contributed by atoms with van der Waals surface area (Å²) < 4.78 is 7.49. The second-order valence-electron chi connectivity index (χ2n) is 11.7. The molecule has 0 radical (unpaired) electrons. The van der Waals surface area contributed by atoms with Crippen molar-refractivity contribution in [3.8, 4) is 5.75 Å². The molecule has 2 spiro atoms. The van der Waals surface area contributed by atoms with Gasteiger partial charge in [0.1, 0.15) is 22.4 Å². The fraction of sp³-hybridized carbons (Fsp3) is 0.538. The van der Waals surface area contributed by atoms with Crippen LogP contribution in [0.1, 0.15) is 63.8 Å². The summed E-state index contributed by atoms with van der Waals surface area (Å²) in [7, 11) is 0. The second kappa shape index (κ2) is 5.40. The maximum Gasteiger partial charge on any atom is 0.249 e. The number of piperidine rings is 2. The van der Waals surface area contributed by atoms with Crippen LogP contribution in [0.15, 0.2) is 18.2 Å². The van der Waals surface area contributed by atoms with Crippen molar-refractivity contribution in [3.63, 3.8) is 0 Å². The van der Waals surface area contributed by atoms with E-state index < -0.39 is 22.1 Å². The van der Waals surface area contributed by atoms with E-state index in [1.807, 2.05) is 43.0 Å². The van der Waals surface area contributed by atoms with Crippen LogP contribution >= 0.6 is 0 Å². The molecule has 2 bridgehead atoms. The molecule has 1 unspecified atom stereocenters. The Kier molecular flexibility index (Phi) is 3.19. The van der Waals surface area contributed by atoms with E-state index in [4.69, 9.17) is 4.74 Å². The minimum absolute atomic E-state index is 0.00113. The molecule has 7 nitrogen and oxygen atoms in total. The number of nitrogens with one attached hydrogen (secondary N) is 1. The molecule has 2 amide bonds. The number of carbonyl (C=O) groups excluding carboxylic acids is 2. The van der Waals surface area contributed by atoms with Crippen LogP contribution in [0.2, 0.25) is 0 Å². The second-order valence-corrected chi connectivity index (χ2v) is 11.7. The van der Waals surface area contributed by atoms with Gasteiger partial charge in [0.2, 0.25) is 11.8 Å². The highest BCUT2D eigenvalue weighted by Gasteiger charge is 2.73. The molecule has 172 valence electrons. The van der Waals surface area contributed by atoms with Crippen molar-refractivity contribution in [2.24, 2.45) is 5.92 Å². The van der Waals surface area contributed by atoms with Crippen LogP contribution in [-0.4, -0.2) is 49.9 Å². The molecule has 8 rings (SSSR count). The number of amides is 2. The number of ether oxygens (including phenoxy) is 1. The van der Waals surface area contributed by atoms with Crippen molar-refractivity contribution in [1.29, 1.82) is 0 Å². The highest BCUT2D eigenvalue weighted by atomic mass is 16.5. The van der Waals surface area contributed by atoms with E-state index in [1.54, 1.807) is 0 Å². The van der Waals surface area contributed by atoms with Crippen LogP contribution < -0.4 is 10.1 Å². The SMILES string of the molecule is CC1(C)C=Cc2c(ccc3c4c(n(O)c23)C(C)(C)C2C[C@]35CCCN3C(=O)[C@@]2(C4)NC5=O)O1. The van der Waals surface area contributed by atoms with Crippen molar-refractivity contribution >= 4 is 28.8 Å². The zero-order valence-corrected chi connectivity index (χ0v) is 19.5. The van der Waals surface area contributed by atoms with Gasteiger partial charge in [-0.05, 0) is 63.0 Å². The van der Waals surface area contributed by atoms with Gasteiger partial charge < -0.3 is 20.2 Å². The van der Waals surface area contributed by atoms with Crippen LogP contribution in [0.4, 0.5) is 0 Å². The quantitative estimate of drug-likeness (QED) is 0.608. The summed E-state index contributed by atoms with van der Waals surface area (Å²) >= 11 is 0. The molecule has 1 aromatic carbocycles. The molecule has 4 fully saturated rings. The van der Waals surface area contributed by atoms with Crippen LogP contribution in [-0.2, 0) is 21.4 Å². The molecule has 1 aliphatic carbocycles. The van der Waals surface area contributed by atoms with Crippen LogP contribution in [0.3, 0.4) is 0 Å². The molecule has 2 aromatic rings. The maximum atomic E-state index is 13.9. The lowest BCUT2D eigenvalue weighted by Gasteiger charge is -2.64. The van der Waals surface area contributed by atoms with Crippen LogP contribution in [0.25, 0.3) is 17.0 Å². The summed E-state index contributed by atoms with van der Waals surface area (Å²) in [5, 5.41) is 15.7. The predicted molar refractivity (Wildman–Crippen MR) is 122 cm³/mol. The number of fused-ring (bicyclic) bond motifs is 6. The highest BCUT2D eigenvalue weighted by molar-refractivity contribution is 6.06. The van der Waals surface area contributed by atoms with E-state index in [2.05, 4.69) is 19.2 Å². The third-order valence-corrected chi connectivity index (χ3v) is 9.18. The summed E-state index contributed by atoms with van der Waals surface area (Å²) in [6.07, 6.45) is 6.64. The first-order valence-corrected chi connectivity index (χ1v) is 11.9. The van der Waals surface area contributed by atoms with Gasteiger partial charge in [0.25, 0.3) is 0 Å². The van der Waals surface area contributed by atoms with E-state index in [0.29, 0.717) is 31.3 Å². The lowest BCUT2D eigenvalue weighted by atomic mass is 9.51. The lowest BCUT2D eigenvalue weighted by Crippen LogP contribution is -2.84. The number of hydrogen-bond acceptors (Lipinski definition) is 4. The van der Waals surface area contributed by atoms with Gasteiger partial charge in [0.05, 0.1) is 11.2 Å². The standard InChI is InChI=1S/C26H29N3O4/c1-23(2)10-8-15-17(33-23)7-6-14-16-12-26-18(24(3,4)20(16)29(32)19(14)15)13-25(21(30)27-26)9-5-11-28(25)22(26)31/h6-8,10,18,32H,5,9,11-13H2,1-4H3,(H,27,30)/t18?,25-,26-/m0/s1. The van der Waals surface area contributed by atoms with Crippen molar-refractivity contribution < 1.29 is 19.5 Å². The molecule has 4 saturated heterocycles. The number of hydrogen-bond donors (Lipinski definition) is 2. The van der Waals surface area contributed by atoms with Gasteiger partial charge in [-0.1, -0.05) is 13.8 Å².